The number of H-pyrrole nitrogens is 1. The van der Waals surface area contributed by atoms with E-state index >= 15 is 0 Å². The number of amides is 1. The molecule has 0 aliphatic heterocycles. The Morgan fingerprint density at radius 3 is 2.48 bits per heavy atom. The zero-order valence-electron chi connectivity index (χ0n) is 22.6. The number of ether oxygens (including phenoxy) is 1. The molecule has 0 spiro atoms. The molecule has 9 nitrogen and oxygen atoms in total. The highest BCUT2D eigenvalue weighted by atomic mass is 35.5. The Hall–Kier alpha value is -3.47. The summed E-state index contributed by atoms with van der Waals surface area (Å²) in [6, 6.07) is 14.4. The number of aliphatic hydroxyl groups excluding tert-OH is 1. The fourth-order valence-electron chi connectivity index (χ4n) is 5.07. The smallest absolute Gasteiger partial charge is 0.278 e. The van der Waals surface area contributed by atoms with Crippen LogP contribution in [0.25, 0.3) is 22.4 Å². The van der Waals surface area contributed by atoms with E-state index in [2.05, 4.69) is 20.8 Å². The van der Waals surface area contributed by atoms with Gasteiger partial charge in [-0.25, -0.2) is 10.1 Å². The summed E-state index contributed by atoms with van der Waals surface area (Å²) in [6.07, 6.45) is 4.70. The van der Waals surface area contributed by atoms with Crippen LogP contribution in [0.2, 0.25) is 15.1 Å². The summed E-state index contributed by atoms with van der Waals surface area (Å²) in [7, 11) is 1.57. The van der Waals surface area contributed by atoms with Gasteiger partial charge < -0.3 is 20.5 Å². The van der Waals surface area contributed by atoms with E-state index in [0.717, 1.165) is 31.2 Å². The molecule has 1 aliphatic rings. The second-order valence-corrected chi connectivity index (χ2v) is 11.1. The molecule has 1 fully saturated rings. The maximum Gasteiger partial charge on any atom is 0.278 e. The molecule has 0 radical (unpaired) electrons. The van der Waals surface area contributed by atoms with Gasteiger partial charge in [-0.15, -0.1) is 0 Å². The van der Waals surface area contributed by atoms with Crippen LogP contribution in [0.1, 0.15) is 41.6 Å². The lowest BCUT2D eigenvalue weighted by Gasteiger charge is -2.28. The molecule has 12 heteroatoms. The van der Waals surface area contributed by atoms with Gasteiger partial charge in [0.15, 0.2) is 0 Å². The number of benzene rings is 2. The summed E-state index contributed by atoms with van der Waals surface area (Å²) in [6.45, 7) is 0.511. The third-order valence-electron chi connectivity index (χ3n) is 7.27. The van der Waals surface area contributed by atoms with Crippen molar-refractivity contribution in [1.82, 2.24) is 20.5 Å². The minimum Gasteiger partial charge on any atom is -0.481 e. The van der Waals surface area contributed by atoms with Crippen molar-refractivity contribution in [2.75, 3.05) is 12.4 Å². The zero-order valence-corrected chi connectivity index (χ0v) is 24.9. The molecule has 4 aromatic rings. The molecule has 2 heterocycles. The summed E-state index contributed by atoms with van der Waals surface area (Å²) in [4.78, 5) is 29.7. The van der Waals surface area contributed by atoms with Crippen molar-refractivity contribution >= 4 is 46.4 Å². The molecule has 1 amide bonds. The average molecular weight is 629 g/mol. The largest absolute Gasteiger partial charge is 0.481 e. The highest BCUT2D eigenvalue weighted by Gasteiger charge is 2.23. The van der Waals surface area contributed by atoms with Gasteiger partial charge in [-0.2, -0.15) is 5.10 Å². The molecular weight excluding hydrogens is 601 g/mol. The normalized spacial score (nSPS) is 16.7. The van der Waals surface area contributed by atoms with Gasteiger partial charge in [-0.05, 0) is 25.0 Å². The van der Waals surface area contributed by atoms with E-state index in [1.54, 1.807) is 25.3 Å². The lowest BCUT2D eigenvalue weighted by molar-refractivity contribution is 0.0901. The molecule has 1 saturated carbocycles. The number of halogens is 3. The fraction of sp³-hybridized carbons (Fsp3) is 0.267. The molecule has 0 bridgehead atoms. The van der Waals surface area contributed by atoms with Gasteiger partial charge in [-0.3, -0.25) is 9.59 Å². The van der Waals surface area contributed by atoms with Gasteiger partial charge in [0.2, 0.25) is 5.88 Å². The molecule has 4 N–H and O–H groups in total. The molecule has 1 aliphatic carbocycles. The number of anilines is 1. The van der Waals surface area contributed by atoms with Crippen LogP contribution in [0.4, 0.5) is 5.69 Å². The highest BCUT2D eigenvalue weighted by Crippen LogP contribution is 2.41. The molecule has 218 valence electrons. The first-order valence-electron chi connectivity index (χ1n) is 13.4. The number of aliphatic hydroxyl groups is 1. The SMILES string of the molecule is COc1nc(-c2cccc(-c3cccc(NC(=O)c4c(Cl)cn[nH]c4=O)c3Cl)c2Cl)ccc1CN[C@@H]1CCCC[C@@H]1O. The monoisotopic (exact) mass is 627 g/mol. The number of pyridine rings is 1. The average Bonchev–Trinajstić information content (AvgIpc) is 2.98. The number of rotatable bonds is 8. The number of aromatic amines is 1. The van der Waals surface area contributed by atoms with Crippen LogP contribution < -0.4 is 20.9 Å². The van der Waals surface area contributed by atoms with E-state index in [9.17, 15) is 14.7 Å². The Balaban J connectivity index is 1.42. The lowest BCUT2D eigenvalue weighted by atomic mass is 9.92. The van der Waals surface area contributed by atoms with E-state index in [-0.39, 0.29) is 33.4 Å². The molecular formula is C30H28Cl3N5O4. The number of carbonyl (C=O) groups excluding carboxylic acids is 1. The Morgan fingerprint density at radius 2 is 1.74 bits per heavy atom. The number of aromatic nitrogens is 3. The van der Waals surface area contributed by atoms with Gasteiger partial charge >= 0.3 is 0 Å². The zero-order chi connectivity index (χ0) is 29.8. The summed E-state index contributed by atoms with van der Waals surface area (Å²) in [5.74, 6) is -0.273. The molecule has 5 rings (SSSR count). The van der Waals surface area contributed by atoms with Gasteiger partial charge in [0, 0.05) is 34.8 Å². The third-order valence-corrected chi connectivity index (χ3v) is 8.37. The predicted molar refractivity (Wildman–Crippen MR) is 165 cm³/mol. The van der Waals surface area contributed by atoms with Crippen molar-refractivity contribution < 1.29 is 14.6 Å². The molecule has 2 atom stereocenters. The van der Waals surface area contributed by atoms with E-state index in [0.29, 0.717) is 39.8 Å². The Labute approximate surface area is 257 Å². The fourth-order valence-corrected chi connectivity index (χ4v) is 5.89. The molecule has 2 aromatic carbocycles. The van der Waals surface area contributed by atoms with Crippen LogP contribution in [0.15, 0.2) is 59.5 Å². The number of carbonyl (C=O) groups is 1. The van der Waals surface area contributed by atoms with E-state index in [4.69, 9.17) is 44.5 Å². The summed E-state index contributed by atoms with van der Waals surface area (Å²) >= 11 is 19.7. The van der Waals surface area contributed by atoms with E-state index < -0.39 is 11.5 Å². The van der Waals surface area contributed by atoms with Crippen LogP contribution in [0.5, 0.6) is 5.88 Å². The van der Waals surface area contributed by atoms with Crippen LogP contribution in [-0.2, 0) is 6.54 Å². The van der Waals surface area contributed by atoms with Crippen LogP contribution in [-0.4, -0.2) is 45.5 Å². The molecule has 0 saturated heterocycles. The predicted octanol–water partition coefficient (Wildman–Crippen LogP) is 6.11. The molecule has 0 unspecified atom stereocenters. The number of nitrogens with zero attached hydrogens (tertiary/aromatic N) is 2. The van der Waals surface area contributed by atoms with Crippen molar-refractivity contribution in [1.29, 1.82) is 0 Å². The summed E-state index contributed by atoms with van der Waals surface area (Å²) in [5.41, 5.74) is 2.59. The van der Waals surface area contributed by atoms with Crippen molar-refractivity contribution in [2.45, 2.75) is 44.4 Å². The topological polar surface area (TPSA) is 129 Å². The molecule has 42 heavy (non-hydrogen) atoms. The summed E-state index contributed by atoms with van der Waals surface area (Å²) in [5, 5.41) is 22.7. The third kappa shape index (κ3) is 6.30. The minimum absolute atomic E-state index is 0.0435. The second-order valence-electron chi connectivity index (χ2n) is 9.91. The minimum atomic E-state index is -0.730. The standard InChI is InChI=1S/C30H28Cl3N5O4/c1-42-30-16(14-34-22-9-2-3-11-24(22)39)12-13-21(37-30)19-8-4-6-17(26(19)32)18-7-5-10-23(27(18)33)36-28(40)25-20(31)15-35-38-29(25)41/h4-8,10,12-13,15,22,24,34,39H,2-3,9,11,14H2,1H3,(H,36,40)(H,38,41)/t22-,24+/m1/s1. The van der Waals surface area contributed by atoms with Gasteiger partial charge in [-0.1, -0.05) is 84.0 Å². The Bertz CT molecular complexity index is 1680. The van der Waals surface area contributed by atoms with E-state index in [1.165, 1.54) is 6.20 Å². The van der Waals surface area contributed by atoms with Crippen molar-refractivity contribution in [3.05, 3.63) is 91.3 Å². The Morgan fingerprint density at radius 1 is 1.02 bits per heavy atom. The first-order chi connectivity index (χ1) is 20.3. The van der Waals surface area contributed by atoms with Crippen LogP contribution >= 0.6 is 34.8 Å². The summed E-state index contributed by atoms with van der Waals surface area (Å²) < 4.78 is 5.60. The number of nitrogens with one attached hydrogen (secondary N) is 3. The lowest BCUT2D eigenvalue weighted by Crippen LogP contribution is -2.41. The Kier molecular flexibility index (Phi) is 9.45. The van der Waals surface area contributed by atoms with Crippen LogP contribution in [0.3, 0.4) is 0 Å². The quantitative estimate of drug-likeness (QED) is 0.185. The number of hydrogen-bond acceptors (Lipinski definition) is 7. The van der Waals surface area contributed by atoms with Gasteiger partial charge in [0.25, 0.3) is 11.5 Å². The van der Waals surface area contributed by atoms with E-state index in [1.807, 2.05) is 30.3 Å². The molecule has 2 aromatic heterocycles. The number of hydrogen-bond donors (Lipinski definition) is 4. The maximum atomic E-state index is 12.8. The van der Waals surface area contributed by atoms with Crippen molar-refractivity contribution in [2.24, 2.45) is 0 Å². The second kappa shape index (κ2) is 13.2. The first-order valence-corrected chi connectivity index (χ1v) is 14.5. The van der Waals surface area contributed by atoms with Crippen LogP contribution in [0, 0.1) is 0 Å². The van der Waals surface area contributed by atoms with Gasteiger partial charge in [0.05, 0.1) is 45.9 Å². The highest BCUT2D eigenvalue weighted by molar-refractivity contribution is 6.40. The van der Waals surface area contributed by atoms with Gasteiger partial charge in [0.1, 0.15) is 5.56 Å². The van der Waals surface area contributed by atoms with Crippen molar-refractivity contribution in [3.63, 3.8) is 0 Å². The van der Waals surface area contributed by atoms with Crippen molar-refractivity contribution in [3.8, 4) is 28.3 Å². The maximum absolute atomic E-state index is 12.8. The number of methoxy groups -OCH3 is 1. The first kappa shape index (κ1) is 30.0.